The minimum Gasteiger partial charge on any atom is -0.346 e. The molecule has 0 unspecified atom stereocenters. The maximum Gasteiger partial charge on any atom is 0.141 e. The zero-order valence-corrected chi connectivity index (χ0v) is 16.1. The molecule has 3 aliphatic rings. The maximum absolute atomic E-state index is 4.44. The number of aryl methyl sites for hydroxylation is 1. The van der Waals surface area contributed by atoms with E-state index in [1.54, 1.807) is 0 Å². The third-order valence-electron chi connectivity index (χ3n) is 5.92. The van der Waals surface area contributed by atoms with Crippen molar-refractivity contribution < 1.29 is 0 Å². The van der Waals surface area contributed by atoms with E-state index in [1.165, 1.54) is 37.1 Å². The van der Waals surface area contributed by atoms with Crippen LogP contribution in [0.2, 0.25) is 0 Å². The van der Waals surface area contributed by atoms with E-state index in [2.05, 4.69) is 42.3 Å². The normalized spacial score (nSPS) is 23.5. The number of aliphatic imine (C=N–C) groups is 1. The number of allylic oxidation sites excluding steroid dienone is 1. The minimum atomic E-state index is 0.556. The van der Waals surface area contributed by atoms with Gasteiger partial charge in [0.25, 0.3) is 0 Å². The van der Waals surface area contributed by atoms with Crippen molar-refractivity contribution in [3.05, 3.63) is 47.3 Å². The molecule has 28 heavy (non-hydrogen) atoms. The molecule has 8 heteroatoms. The van der Waals surface area contributed by atoms with Gasteiger partial charge in [0.15, 0.2) is 0 Å². The Kier molecular flexibility index (Phi) is 4.58. The third kappa shape index (κ3) is 3.29. The Bertz CT molecular complexity index is 889. The average molecular weight is 378 g/mol. The van der Waals surface area contributed by atoms with E-state index >= 15 is 0 Å². The largest absolute Gasteiger partial charge is 0.346 e. The van der Waals surface area contributed by atoms with E-state index in [0.29, 0.717) is 5.92 Å². The van der Waals surface area contributed by atoms with Crippen molar-refractivity contribution in [2.75, 3.05) is 6.54 Å². The first-order valence-corrected chi connectivity index (χ1v) is 10.0. The molecular weight excluding hydrogens is 352 g/mol. The van der Waals surface area contributed by atoms with Crippen LogP contribution in [0.25, 0.3) is 5.70 Å². The number of hydrazine groups is 2. The Morgan fingerprint density at radius 1 is 1.18 bits per heavy atom. The molecule has 4 heterocycles. The van der Waals surface area contributed by atoms with Crippen molar-refractivity contribution in [1.82, 2.24) is 36.2 Å². The van der Waals surface area contributed by atoms with Gasteiger partial charge < -0.3 is 15.7 Å². The van der Waals surface area contributed by atoms with Crippen LogP contribution in [0, 0.1) is 18.8 Å². The predicted octanol–water partition coefficient (Wildman–Crippen LogP) is 2.38. The number of H-pyrrole nitrogens is 1. The van der Waals surface area contributed by atoms with E-state index < -0.39 is 0 Å². The summed E-state index contributed by atoms with van der Waals surface area (Å²) in [4.78, 5) is 16.4. The van der Waals surface area contributed by atoms with Gasteiger partial charge in [-0.1, -0.05) is 0 Å². The van der Waals surface area contributed by atoms with Gasteiger partial charge in [0, 0.05) is 36.6 Å². The highest BCUT2D eigenvalue weighted by molar-refractivity contribution is 5.87. The van der Waals surface area contributed by atoms with Gasteiger partial charge in [0.1, 0.15) is 12.2 Å². The quantitative estimate of drug-likeness (QED) is 0.638. The Morgan fingerprint density at radius 3 is 2.89 bits per heavy atom. The van der Waals surface area contributed by atoms with Gasteiger partial charge in [-0.05, 0) is 51.1 Å². The number of fused-ring (bicyclic) bond motifs is 3. The second-order valence-electron chi connectivity index (χ2n) is 7.85. The molecule has 1 fully saturated rings. The molecule has 0 atom stereocenters. The zero-order valence-electron chi connectivity index (χ0n) is 16.1. The van der Waals surface area contributed by atoms with Gasteiger partial charge in [-0.2, -0.15) is 0 Å². The second-order valence-corrected chi connectivity index (χ2v) is 7.85. The molecule has 5 rings (SSSR count). The summed E-state index contributed by atoms with van der Waals surface area (Å²) in [7, 11) is 0. The van der Waals surface area contributed by atoms with Crippen LogP contribution < -0.4 is 16.3 Å². The number of nitrogens with one attached hydrogen (secondary N) is 4. The lowest BCUT2D eigenvalue weighted by atomic mass is 9.79. The molecule has 0 radical (unpaired) electrons. The van der Waals surface area contributed by atoms with Crippen molar-refractivity contribution in [2.24, 2.45) is 16.8 Å². The van der Waals surface area contributed by atoms with Gasteiger partial charge in [-0.25, -0.2) is 10.0 Å². The Balaban J connectivity index is 1.17. The fourth-order valence-corrected chi connectivity index (χ4v) is 4.37. The van der Waals surface area contributed by atoms with Crippen LogP contribution in [-0.4, -0.2) is 32.8 Å². The molecule has 0 bridgehead atoms. The summed E-state index contributed by atoms with van der Waals surface area (Å²) in [6.07, 6.45) is 12.4. The lowest BCUT2D eigenvalue weighted by Gasteiger charge is -2.29. The lowest BCUT2D eigenvalue weighted by molar-refractivity contribution is 0.282. The highest BCUT2D eigenvalue weighted by Crippen LogP contribution is 2.40. The molecule has 146 valence electrons. The molecular formula is C20H26N8. The van der Waals surface area contributed by atoms with E-state index in [9.17, 15) is 0 Å². The fourth-order valence-electron chi connectivity index (χ4n) is 4.37. The molecule has 1 saturated carbocycles. The second kappa shape index (κ2) is 7.37. The summed E-state index contributed by atoms with van der Waals surface area (Å²) >= 11 is 0. The molecule has 8 nitrogen and oxygen atoms in total. The van der Waals surface area contributed by atoms with E-state index in [0.717, 1.165) is 41.8 Å². The zero-order chi connectivity index (χ0) is 18.9. The first kappa shape index (κ1) is 17.4. The standard InChI is InChI=1S/C20H26N8/c1-13-8-24-16(11-23-13)10-21-9-14-2-4-15(5-3-14)18-19-17-6-7-22-20(17)25-12-28(19)27-26-18/h6-8,11-12,14-15,21-22,26-27H,2-5,9-10H2,1H3/t14-,15-. The number of hydrogen-bond donors (Lipinski definition) is 4. The number of nitrogens with zero attached hydrogens (tertiary/aromatic N) is 4. The molecule has 0 spiro atoms. The Labute approximate surface area is 164 Å². The highest BCUT2D eigenvalue weighted by Gasteiger charge is 2.33. The number of hydrogen-bond acceptors (Lipinski definition) is 7. The monoisotopic (exact) mass is 378 g/mol. The predicted molar refractivity (Wildman–Crippen MR) is 108 cm³/mol. The minimum absolute atomic E-state index is 0.556. The molecule has 2 aliphatic heterocycles. The third-order valence-corrected chi connectivity index (χ3v) is 5.92. The van der Waals surface area contributed by atoms with Crippen molar-refractivity contribution in [2.45, 2.75) is 39.2 Å². The molecule has 2 aromatic rings. The number of aromatic amines is 1. The van der Waals surface area contributed by atoms with Gasteiger partial charge in [-0.3, -0.25) is 9.97 Å². The highest BCUT2D eigenvalue weighted by atomic mass is 15.7. The summed E-state index contributed by atoms with van der Waals surface area (Å²) in [5, 5.41) is 5.55. The summed E-state index contributed by atoms with van der Waals surface area (Å²) in [6.45, 7) is 3.79. The maximum atomic E-state index is 4.44. The molecule has 2 aromatic heterocycles. The topological polar surface area (TPSA) is 93.3 Å². The molecule has 0 aromatic carbocycles. The summed E-state index contributed by atoms with van der Waals surface area (Å²) in [6, 6.07) is 2.10. The van der Waals surface area contributed by atoms with Crippen LogP contribution in [-0.2, 0) is 6.54 Å². The van der Waals surface area contributed by atoms with Gasteiger partial charge in [0.2, 0.25) is 0 Å². The van der Waals surface area contributed by atoms with Crippen LogP contribution in [0.5, 0.6) is 0 Å². The van der Waals surface area contributed by atoms with Crippen LogP contribution in [0.3, 0.4) is 0 Å². The van der Waals surface area contributed by atoms with E-state index in [1.807, 2.05) is 36.9 Å². The first-order valence-electron chi connectivity index (χ1n) is 10.0. The Hall–Kier alpha value is -2.71. The van der Waals surface area contributed by atoms with E-state index in [-0.39, 0.29) is 0 Å². The molecule has 4 N–H and O–H groups in total. The van der Waals surface area contributed by atoms with Crippen LogP contribution in [0.15, 0.2) is 35.3 Å². The van der Waals surface area contributed by atoms with Crippen molar-refractivity contribution in [3.63, 3.8) is 0 Å². The molecule has 1 aliphatic carbocycles. The van der Waals surface area contributed by atoms with E-state index in [4.69, 9.17) is 0 Å². The van der Waals surface area contributed by atoms with Gasteiger partial charge in [0.05, 0.1) is 22.8 Å². The number of rotatable bonds is 5. The number of aromatic nitrogens is 3. The molecule has 0 saturated heterocycles. The van der Waals surface area contributed by atoms with Crippen LogP contribution in [0.1, 0.15) is 42.6 Å². The summed E-state index contributed by atoms with van der Waals surface area (Å²) < 4.78 is 0. The summed E-state index contributed by atoms with van der Waals surface area (Å²) in [5.41, 5.74) is 12.3. The van der Waals surface area contributed by atoms with Crippen LogP contribution in [0.4, 0.5) is 5.82 Å². The van der Waals surface area contributed by atoms with Crippen molar-refractivity contribution in [1.29, 1.82) is 0 Å². The molecule has 0 amide bonds. The van der Waals surface area contributed by atoms with Crippen molar-refractivity contribution in [3.8, 4) is 0 Å². The van der Waals surface area contributed by atoms with Gasteiger partial charge >= 0.3 is 0 Å². The van der Waals surface area contributed by atoms with Gasteiger partial charge in [-0.15, -0.1) is 5.53 Å². The first-order chi connectivity index (χ1) is 13.8. The lowest BCUT2D eigenvalue weighted by Crippen LogP contribution is -2.38. The SMILES string of the molecule is Cc1cnc(CNC[C@H]2CC[C@H](C3=C4c5cc[nH]c5N=CN4NN3)CC2)cn1. The average Bonchev–Trinajstić information content (AvgIpc) is 3.36. The fraction of sp³-hybridized carbons (Fsp3) is 0.450. The Morgan fingerprint density at radius 2 is 2.07 bits per heavy atom. The van der Waals surface area contributed by atoms with Crippen LogP contribution >= 0.6 is 0 Å². The smallest absolute Gasteiger partial charge is 0.141 e. The summed E-state index contributed by atoms with van der Waals surface area (Å²) in [5.74, 6) is 2.22. The van der Waals surface area contributed by atoms with Crippen molar-refractivity contribution >= 4 is 17.9 Å².